The summed E-state index contributed by atoms with van der Waals surface area (Å²) in [5.41, 5.74) is 0.113. The van der Waals surface area contributed by atoms with E-state index in [9.17, 15) is 9.90 Å². The highest BCUT2D eigenvalue weighted by molar-refractivity contribution is 5.89. The molecular weight excluding hydrogens is 288 g/mol. The summed E-state index contributed by atoms with van der Waals surface area (Å²) in [5, 5.41) is 13.6. The summed E-state index contributed by atoms with van der Waals surface area (Å²) >= 11 is 0. The Labute approximate surface area is 129 Å². The molecule has 1 saturated heterocycles. The smallest absolute Gasteiger partial charge is 0.342 e. The van der Waals surface area contributed by atoms with Crippen LogP contribution in [0.4, 0.5) is 0 Å². The Kier molecular flexibility index (Phi) is 4.10. The Morgan fingerprint density at radius 1 is 1.41 bits per heavy atom. The molecule has 0 aromatic carbocycles. The average Bonchev–Trinajstić information content (AvgIpc) is 3.07. The van der Waals surface area contributed by atoms with Gasteiger partial charge in [-0.1, -0.05) is 0 Å². The van der Waals surface area contributed by atoms with Crippen LogP contribution in [-0.4, -0.2) is 46.0 Å². The number of carbonyl (C=O) groups is 1. The van der Waals surface area contributed by atoms with Crippen molar-refractivity contribution in [1.82, 2.24) is 9.78 Å². The van der Waals surface area contributed by atoms with Crippen LogP contribution in [-0.2, 0) is 9.47 Å². The van der Waals surface area contributed by atoms with Gasteiger partial charge in [0.15, 0.2) is 5.79 Å². The normalized spacial score (nSPS) is 21.6. The van der Waals surface area contributed by atoms with Gasteiger partial charge in [-0.25, -0.2) is 4.79 Å². The first-order valence-corrected chi connectivity index (χ1v) is 7.76. The average molecular weight is 310 g/mol. The van der Waals surface area contributed by atoms with E-state index in [1.165, 1.54) is 0 Å². The van der Waals surface area contributed by atoms with E-state index in [-0.39, 0.29) is 23.6 Å². The molecule has 7 nitrogen and oxygen atoms in total. The summed E-state index contributed by atoms with van der Waals surface area (Å²) in [4.78, 5) is 11.3. The molecule has 2 aliphatic rings. The van der Waals surface area contributed by atoms with Crippen molar-refractivity contribution in [2.45, 2.75) is 57.5 Å². The summed E-state index contributed by atoms with van der Waals surface area (Å²) in [5.74, 6) is -1.25. The molecule has 7 heteroatoms. The van der Waals surface area contributed by atoms with Gasteiger partial charge in [-0.05, 0) is 26.7 Å². The Morgan fingerprint density at radius 3 is 2.59 bits per heavy atom. The summed E-state index contributed by atoms with van der Waals surface area (Å²) in [6.07, 6.45) is 4.76. The molecule has 2 heterocycles. The van der Waals surface area contributed by atoms with Crippen molar-refractivity contribution in [3.63, 3.8) is 0 Å². The lowest BCUT2D eigenvalue weighted by Crippen LogP contribution is -2.35. The fraction of sp³-hybridized carbons (Fsp3) is 0.733. The largest absolute Gasteiger partial charge is 0.477 e. The number of carboxylic acid groups (broad SMARTS) is 1. The highest BCUT2D eigenvalue weighted by Gasteiger charge is 2.41. The van der Waals surface area contributed by atoms with Crippen molar-refractivity contribution < 1.29 is 24.1 Å². The number of nitrogens with zero attached hydrogens (tertiary/aromatic N) is 2. The first kappa shape index (κ1) is 15.3. The zero-order valence-corrected chi connectivity index (χ0v) is 12.9. The first-order valence-electron chi connectivity index (χ1n) is 7.76. The van der Waals surface area contributed by atoms with Gasteiger partial charge in [0.25, 0.3) is 0 Å². The summed E-state index contributed by atoms with van der Waals surface area (Å²) in [6, 6.07) is 0.154. The molecule has 0 amide bonds. The maximum Gasteiger partial charge on any atom is 0.342 e. The second kappa shape index (κ2) is 5.89. The second-order valence-electron chi connectivity index (χ2n) is 6.14. The number of hydrogen-bond acceptors (Lipinski definition) is 5. The van der Waals surface area contributed by atoms with Crippen LogP contribution in [0.15, 0.2) is 6.20 Å². The number of carboxylic acids is 1. The summed E-state index contributed by atoms with van der Waals surface area (Å²) in [6.45, 7) is 5.01. The van der Waals surface area contributed by atoms with E-state index in [0.29, 0.717) is 13.2 Å². The van der Waals surface area contributed by atoms with Crippen LogP contribution in [0.2, 0.25) is 0 Å². The minimum Gasteiger partial charge on any atom is -0.477 e. The number of aromatic carboxylic acids is 1. The van der Waals surface area contributed by atoms with Gasteiger partial charge in [0.05, 0.1) is 25.4 Å². The van der Waals surface area contributed by atoms with Gasteiger partial charge in [-0.2, -0.15) is 0 Å². The van der Waals surface area contributed by atoms with Crippen molar-refractivity contribution in [3.8, 4) is 5.88 Å². The second-order valence-corrected chi connectivity index (χ2v) is 6.14. The van der Waals surface area contributed by atoms with Gasteiger partial charge in [-0.3, -0.25) is 4.68 Å². The van der Waals surface area contributed by atoms with Crippen molar-refractivity contribution in [2.24, 2.45) is 0 Å². The van der Waals surface area contributed by atoms with E-state index < -0.39 is 11.8 Å². The van der Waals surface area contributed by atoms with Crippen molar-refractivity contribution >= 4 is 5.97 Å². The number of rotatable bonds is 4. The fourth-order valence-electron chi connectivity index (χ4n) is 3.11. The zero-order chi connectivity index (χ0) is 15.7. The van der Waals surface area contributed by atoms with E-state index in [1.807, 2.05) is 13.8 Å². The van der Waals surface area contributed by atoms with E-state index in [1.54, 1.807) is 10.9 Å². The van der Waals surface area contributed by atoms with Gasteiger partial charge in [0.2, 0.25) is 5.88 Å². The molecule has 22 heavy (non-hydrogen) atoms. The van der Waals surface area contributed by atoms with E-state index >= 15 is 0 Å². The molecule has 0 bridgehead atoms. The predicted octanol–water partition coefficient (Wildman–Crippen LogP) is 2.23. The van der Waals surface area contributed by atoms with E-state index in [4.69, 9.17) is 14.2 Å². The fourth-order valence-corrected chi connectivity index (χ4v) is 3.11. The maximum absolute atomic E-state index is 11.3. The molecule has 1 aromatic heterocycles. The lowest BCUT2D eigenvalue weighted by molar-refractivity contribution is -0.181. The Balaban J connectivity index is 1.73. The third-order valence-electron chi connectivity index (χ3n) is 4.18. The van der Waals surface area contributed by atoms with Crippen LogP contribution in [0, 0.1) is 0 Å². The molecule has 1 N–H and O–H groups in total. The van der Waals surface area contributed by atoms with Crippen LogP contribution in [0.25, 0.3) is 0 Å². The van der Waals surface area contributed by atoms with Crippen LogP contribution in [0.3, 0.4) is 0 Å². The van der Waals surface area contributed by atoms with Gasteiger partial charge in [0.1, 0.15) is 5.56 Å². The molecule has 1 aliphatic heterocycles. The van der Waals surface area contributed by atoms with Crippen LogP contribution >= 0.6 is 0 Å². The topological polar surface area (TPSA) is 82.8 Å². The Bertz CT molecular complexity index is 538. The Morgan fingerprint density at radius 2 is 2.05 bits per heavy atom. The Hall–Kier alpha value is -1.60. The highest BCUT2D eigenvalue weighted by Crippen LogP contribution is 2.40. The standard InChI is InChI=1S/C15H22N2O5/c1-10(2)22-13-12(14(18)19)9-17(16-13)11-3-5-15(6-4-11)20-7-8-21-15/h9-11H,3-8H2,1-2H3,(H,18,19). The van der Waals surface area contributed by atoms with Gasteiger partial charge in [0, 0.05) is 19.0 Å². The summed E-state index contributed by atoms with van der Waals surface area (Å²) in [7, 11) is 0. The van der Waals surface area contributed by atoms with Crippen LogP contribution in [0.5, 0.6) is 5.88 Å². The minimum absolute atomic E-state index is 0.113. The lowest BCUT2D eigenvalue weighted by Gasteiger charge is -2.35. The molecule has 1 spiro atoms. The van der Waals surface area contributed by atoms with Crippen molar-refractivity contribution in [3.05, 3.63) is 11.8 Å². The minimum atomic E-state index is -1.02. The highest BCUT2D eigenvalue weighted by atomic mass is 16.7. The van der Waals surface area contributed by atoms with Crippen molar-refractivity contribution in [2.75, 3.05) is 13.2 Å². The molecule has 0 atom stereocenters. The molecule has 122 valence electrons. The van der Waals surface area contributed by atoms with Crippen LogP contribution < -0.4 is 4.74 Å². The number of hydrogen-bond donors (Lipinski definition) is 1. The SMILES string of the molecule is CC(C)Oc1nn(C2CCC3(CC2)OCCO3)cc1C(=O)O. The van der Waals surface area contributed by atoms with Gasteiger partial charge >= 0.3 is 5.97 Å². The molecule has 0 radical (unpaired) electrons. The monoisotopic (exact) mass is 310 g/mol. The van der Waals surface area contributed by atoms with Gasteiger partial charge < -0.3 is 19.3 Å². The quantitative estimate of drug-likeness (QED) is 0.918. The molecule has 1 saturated carbocycles. The van der Waals surface area contributed by atoms with E-state index in [0.717, 1.165) is 25.7 Å². The van der Waals surface area contributed by atoms with E-state index in [2.05, 4.69) is 5.10 Å². The lowest BCUT2D eigenvalue weighted by atomic mass is 9.90. The van der Waals surface area contributed by atoms with Crippen LogP contribution in [0.1, 0.15) is 55.9 Å². The maximum atomic E-state index is 11.3. The molecule has 2 fully saturated rings. The molecule has 1 aliphatic carbocycles. The molecule has 1 aromatic rings. The zero-order valence-electron chi connectivity index (χ0n) is 12.9. The number of ether oxygens (including phenoxy) is 3. The van der Waals surface area contributed by atoms with Gasteiger partial charge in [-0.15, -0.1) is 5.10 Å². The first-order chi connectivity index (χ1) is 10.5. The molecule has 3 rings (SSSR count). The third kappa shape index (κ3) is 2.96. The summed E-state index contributed by atoms with van der Waals surface area (Å²) < 4.78 is 18.7. The molecule has 0 unspecified atom stereocenters. The van der Waals surface area contributed by atoms with Crippen molar-refractivity contribution in [1.29, 1.82) is 0 Å². The molecular formula is C15H22N2O5. The number of aromatic nitrogens is 2. The third-order valence-corrected chi connectivity index (χ3v) is 4.18. The predicted molar refractivity (Wildman–Crippen MR) is 77.1 cm³/mol.